The van der Waals surface area contributed by atoms with Crippen molar-refractivity contribution in [2.24, 2.45) is 0 Å². The molecule has 3 heterocycles. The minimum atomic E-state index is -0.247. The van der Waals surface area contributed by atoms with Crippen molar-refractivity contribution in [2.75, 3.05) is 39.3 Å². The van der Waals surface area contributed by atoms with Gasteiger partial charge in [-0.3, -0.25) is 0 Å². The van der Waals surface area contributed by atoms with Crippen LogP contribution in [-0.2, 0) is 4.74 Å². The van der Waals surface area contributed by atoms with E-state index in [1.165, 1.54) is 14.2 Å². The Balaban J connectivity index is 1.95. The average molecular weight is 470 g/mol. The van der Waals surface area contributed by atoms with E-state index >= 15 is 0 Å². The van der Waals surface area contributed by atoms with E-state index < -0.39 is 0 Å². The van der Waals surface area contributed by atoms with Crippen LogP contribution in [0.1, 0.15) is 6.92 Å². The van der Waals surface area contributed by atoms with Crippen molar-refractivity contribution in [2.45, 2.75) is 12.5 Å². The topological polar surface area (TPSA) is 69.6 Å². The molecule has 0 unspecified atom stereocenters. The molecule has 0 saturated carbocycles. The number of methoxy groups -OCH3 is 3. The average Bonchev–Trinajstić information content (AvgIpc) is 2.71. The number of ether oxygens (including phenoxy) is 3. The highest BCUT2D eigenvalue weighted by atomic mass is 35.5. The second-order valence-corrected chi connectivity index (χ2v) is 8.33. The molecule has 0 N–H and O–H groups in total. The van der Waals surface area contributed by atoms with Crippen molar-refractivity contribution in [3.8, 4) is 22.9 Å². The summed E-state index contributed by atoms with van der Waals surface area (Å²) in [7, 11) is 4.73. The molecule has 10 heteroatoms. The van der Waals surface area contributed by atoms with E-state index in [-0.39, 0.29) is 5.60 Å². The van der Waals surface area contributed by atoms with Crippen molar-refractivity contribution in [3.63, 3.8) is 0 Å². The van der Waals surface area contributed by atoms with Gasteiger partial charge in [0.2, 0.25) is 0 Å². The molecule has 0 amide bonds. The van der Waals surface area contributed by atoms with E-state index in [1.807, 2.05) is 6.92 Å². The fourth-order valence-corrected chi connectivity index (χ4v) is 4.29. The third-order valence-electron chi connectivity index (χ3n) is 5.17. The molecule has 158 valence electrons. The Kier molecular flexibility index (Phi) is 5.57. The fraction of sp³-hybridized carbons (Fsp3) is 0.350. The lowest BCUT2D eigenvalue weighted by molar-refractivity contribution is -0.0170. The second kappa shape index (κ2) is 7.89. The van der Waals surface area contributed by atoms with Gasteiger partial charge in [-0.15, -0.1) is 0 Å². The summed E-state index contributed by atoms with van der Waals surface area (Å²) in [6.45, 7) is 3.37. The molecule has 0 aliphatic carbocycles. The molecule has 0 bridgehead atoms. The normalized spacial score (nSPS) is 15.2. The number of hydrogen-bond donors (Lipinski definition) is 0. The van der Waals surface area contributed by atoms with Crippen molar-refractivity contribution < 1.29 is 14.2 Å². The molecule has 1 aliphatic heterocycles. The largest absolute Gasteiger partial charge is 0.495 e. The number of rotatable bonds is 5. The van der Waals surface area contributed by atoms with E-state index in [4.69, 9.17) is 54.0 Å². The number of aromatic nitrogens is 3. The smallest absolute Gasteiger partial charge is 0.165 e. The molecular formula is C20H19Cl3N4O3. The number of fused-ring (bicyclic) bond motifs is 1. The Bertz CT molecular complexity index is 1110. The zero-order chi connectivity index (χ0) is 21.6. The Labute approximate surface area is 188 Å². The summed E-state index contributed by atoms with van der Waals surface area (Å²) >= 11 is 19.3. The fourth-order valence-electron chi connectivity index (χ4n) is 3.47. The van der Waals surface area contributed by atoms with Crippen LogP contribution >= 0.6 is 34.8 Å². The number of hydrogen-bond acceptors (Lipinski definition) is 7. The van der Waals surface area contributed by atoms with E-state index in [9.17, 15) is 0 Å². The summed E-state index contributed by atoms with van der Waals surface area (Å²) in [6, 6.07) is 3.37. The molecule has 2 aromatic heterocycles. The number of pyridine rings is 1. The Hall–Kier alpha value is -2.06. The van der Waals surface area contributed by atoms with Crippen LogP contribution in [0.4, 0.5) is 5.82 Å². The van der Waals surface area contributed by atoms with Crippen molar-refractivity contribution in [3.05, 3.63) is 33.5 Å². The van der Waals surface area contributed by atoms with Crippen LogP contribution in [-0.4, -0.2) is 55.0 Å². The van der Waals surface area contributed by atoms with Crippen LogP contribution in [0.15, 0.2) is 18.3 Å². The number of anilines is 1. The summed E-state index contributed by atoms with van der Waals surface area (Å²) < 4.78 is 16.3. The SMILES string of the molecule is COc1cc(OC)c(Cl)c(-c2nc(N3CC(C)(OC)C3)c3cc(Cl)ncc3n2)c1Cl. The minimum absolute atomic E-state index is 0.247. The lowest BCUT2D eigenvalue weighted by Crippen LogP contribution is -2.61. The molecule has 1 saturated heterocycles. The third kappa shape index (κ3) is 3.50. The van der Waals surface area contributed by atoms with Crippen LogP contribution in [0, 0.1) is 0 Å². The maximum atomic E-state index is 6.59. The van der Waals surface area contributed by atoms with Gasteiger partial charge in [-0.2, -0.15) is 0 Å². The Morgan fingerprint density at radius 2 is 1.60 bits per heavy atom. The highest BCUT2D eigenvalue weighted by molar-refractivity contribution is 6.41. The quantitative estimate of drug-likeness (QED) is 0.492. The van der Waals surface area contributed by atoms with Crippen LogP contribution in [0.2, 0.25) is 15.2 Å². The maximum absolute atomic E-state index is 6.59. The van der Waals surface area contributed by atoms with Crippen molar-refractivity contribution in [1.82, 2.24) is 15.0 Å². The maximum Gasteiger partial charge on any atom is 0.165 e. The van der Waals surface area contributed by atoms with E-state index in [0.717, 1.165) is 5.39 Å². The van der Waals surface area contributed by atoms with Gasteiger partial charge in [0.25, 0.3) is 0 Å². The summed E-state index contributed by atoms with van der Waals surface area (Å²) in [6.07, 6.45) is 1.60. The predicted molar refractivity (Wildman–Crippen MR) is 119 cm³/mol. The molecule has 4 rings (SSSR count). The van der Waals surface area contributed by atoms with Gasteiger partial charge in [0.15, 0.2) is 5.82 Å². The number of nitrogens with zero attached hydrogens (tertiary/aromatic N) is 4. The summed E-state index contributed by atoms with van der Waals surface area (Å²) in [5, 5.41) is 1.72. The number of halogens is 3. The van der Waals surface area contributed by atoms with Gasteiger partial charge < -0.3 is 19.1 Å². The highest BCUT2D eigenvalue weighted by Gasteiger charge is 2.40. The summed E-state index contributed by atoms with van der Waals surface area (Å²) in [4.78, 5) is 15.7. The standard InChI is InChI=1S/C20H19Cl3N4O3/c1-20(30-4)8-27(9-20)19-10-5-14(21)24-7-11(10)25-18(26-19)15-16(22)12(28-2)6-13(29-3)17(15)23/h5-7H,8-9H2,1-4H3. The third-order valence-corrected chi connectivity index (χ3v) is 6.13. The van der Waals surface area contributed by atoms with Crippen LogP contribution in [0.3, 0.4) is 0 Å². The van der Waals surface area contributed by atoms with Gasteiger partial charge in [-0.05, 0) is 13.0 Å². The summed E-state index contributed by atoms with van der Waals surface area (Å²) in [5.41, 5.74) is 0.782. The number of benzene rings is 1. The van der Waals surface area contributed by atoms with Gasteiger partial charge in [0, 0.05) is 31.7 Å². The van der Waals surface area contributed by atoms with Gasteiger partial charge in [-0.25, -0.2) is 15.0 Å². The van der Waals surface area contributed by atoms with Crippen molar-refractivity contribution >= 4 is 51.5 Å². The molecule has 30 heavy (non-hydrogen) atoms. The molecule has 1 fully saturated rings. The Morgan fingerprint density at radius 3 is 2.17 bits per heavy atom. The van der Waals surface area contributed by atoms with Gasteiger partial charge in [0.1, 0.15) is 22.5 Å². The van der Waals surface area contributed by atoms with E-state index in [2.05, 4.69) is 14.9 Å². The molecule has 7 nitrogen and oxygen atoms in total. The molecule has 3 aromatic rings. The molecule has 0 radical (unpaired) electrons. The van der Waals surface area contributed by atoms with Gasteiger partial charge in [0.05, 0.1) is 47.1 Å². The van der Waals surface area contributed by atoms with Gasteiger partial charge in [-0.1, -0.05) is 34.8 Å². The van der Waals surface area contributed by atoms with Crippen LogP contribution in [0.25, 0.3) is 22.3 Å². The molecular weight excluding hydrogens is 451 g/mol. The monoisotopic (exact) mass is 468 g/mol. The van der Waals surface area contributed by atoms with Gasteiger partial charge >= 0.3 is 0 Å². The first-order chi connectivity index (χ1) is 14.3. The lowest BCUT2D eigenvalue weighted by atomic mass is 9.96. The highest BCUT2D eigenvalue weighted by Crippen LogP contribution is 2.46. The molecule has 1 aliphatic rings. The first-order valence-electron chi connectivity index (χ1n) is 9.04. The summed E-state index contributed by atoms with van der Waals surface area (Å²) in [5.74, 6) is 1.84. The first kappa shape index (κ1) is 21.2. The zero-order valence-electron chi connectivity index (χ0n) is 16.8. The van der Waals surface area contributed by atoms with E-state index in [1.54, 1.807) is 25.4 Å². The first-order valence-corrected chi connectivity index (χ1v) is 10.2. The van der Waals surface area contributed by atoms with E-state index in [0.29, 0.717) is 62.5 Å². The minimum Gasteiger partial charge on any atom is -0.495 e. The zero-order valence-corrected chi connectivity index (χ0v) is 19.1. The molecule has 0 atom stereocenters. The predicted octanol–water partition coefficient (Wildman–Crippen LogP) is 4.89. The molecule has 1 aromatic carbocycles. The van der Waals surface area contributed by atoms with Crippen molar-refractivity contribution in [1.29, 1.82) is 0 Å². The van der Waals surface area contributed by atoms with Crippen LogP contribution in [0.5, 0.6) is 11.5 Å². The Morgan fingerprint density at radius 1 is 0.967 bits per heavy atom. The van der Waals surface area contributed by atoms with Crippen LogP contribution < -0.4 is 14.4 Å². The second-order valence-electron chi connectivity index (χ2n) is 7.19. The lowest BCUT2D eigenvalue weighted by Gasteiger charge is -2.47. The molecule has 0 spiro atoms.